The van der Waals surface area contributed by atoms with Gasteiger partial charge in [-0.15, -0.1) is 11.6 Å². The summed E-state index contributed by atoms with van der Waals surface area (Å²) < 4.78 is 0. The second-order valence-corrected chi connectivity index (χ2v) is 2.91. The fraction of sp³-hybridized carbons (Fsp3) is 0.125. The van der Waals surface area contributed by atoms with E-state index in [4.69, 9.17) is 11.6 Å². The molecule has 0 amide bonds. The van der Waals surface area contributed by atoms with Gasteiger partial charge in [-0.05, 0) is 6.07 Å². The number of hydrogen-bond donors (Lipinski definition) is 0. The van der Waals surface area contributed by atoms with Gasteiger partial charge in [0.15, 0.2) is 5.78 Å². The number of rotatable bonds is 0. The molecular formula is C8H5ClN2O. The third kappa shape index (κ3) is 1.02. The number of nitrogens with zero attached hydrogens (tertiary/aromatic N) is 2. The first-order chi connectivity index (χ1) is 5.79. The number of alkyl halides is 1. The van der Waals surface area contributed by atoms with Gasteiger partial charge in [0, 0.05) is 18.6 Å². The summed E-state index contributed by atoms with van der Waals surface area (Å²) in [6, 6.07) is 1.69. The number of halogens is 1. The summed E-state index contributed by atoms with van der Waals surface area (Å²) in [6.07, 6.45) is 4.52. The van der Waals surface area contributed by atoms with E-state index in [0.29, 0.717) is 11.3 Å². The van der Waals surface area contributed by atoms with Gasteiger partial charge in [-0.25, -0.2) is 0 Å². The molecule has 0 saturated heterocycles. The number of pyridine rings is 1. The fourth-order valence-corrected chi connectivity index (χ4v) is 1.23. The van der Waals surface area contributed by atoms with Gasteiger partial charge in [-0.2, -0.15) is 0 Å². The highest BCUT2D eigenvalue weighted by Gasteiger charge is 2.22. The number of carbonyl (C=O) groups is 1. The molecule has 0 N–H and O–H groups in total. The molecule has 2 rings (SSSR count). The zero-order valence-corrected chi connectivity index (χ0v) is 6.82. The Labute approximate surface area is 74.1 Å². The number of Topliss-reactive ketones (excluding diaryl/α,β-unsaturated/α-hetero) is 1. The van der Waals surface area contributed by atoms with Gasteiger partial charge < -0.3 is 0 Å². The van der Waals surface area contributed by atoms with Gasteiger partial charge in [0.05, 0.1) is 11.3 Å². The Morgan fingerprint density at radius 2 is 2.33 bits per heavy atom. The van der Waals surface area contributed by atoms with Crippen molar-refractivity contribution in [3.8, 4) is 0 Å². The lowest BCUT2D eigenvalue weighted by molar-refractivity contribution is 0.100. The summed E-state index contributed by atoms with van der Waals surface area (Å²) in [6.45, 7) is 0. The van der Waals surface area contributed by atoms with Crippen LogP contribution in [0.4, 0.5) is 5.69 Å². The molecule has 0 aromatic carbocycles. The van der Waals surface area contributed by atoms with Crippen LogP contribution >= 0.6 is 11.6 Å². The van der Waals surface area contributed by atoms with Crippen LogP contribution in [0.3, 0.4) is 0 Å². The molecule has 0 saturated carbocycles. The first kappa shape index (κ1) is 7.43. The average Bonchev–Trinajstić information content (AvgIpc) is 2.12. The van der Waals surface area contributed by atoms with Crippen LogP contribution in [-0.4, -0.2) is 22.4 Å². The van der Waals surface area contributed by atoms with Crippen molar-refractivity contribution in [1.82, 2.24) is 4.98 Å². The van der Waals surface area contributed by atoms with Crippen molar-refractivity contribution in [1.29, 1.82) is 0 Å². The molecule has 4 heteroatoms. The Morgan fingerprint density at radius 1 is 1.50 bits per heavy atom. The molecule has 0 radical (unpaired) electrons. The molecule has 2 heterocycles. The van der Waals surface area contributed by atoms with Gasteiger partial charge in [0.2, 0.25) is 0 Å². The second-order valence-electron chi connectivity index (χ2n) is 2.44. The zero-order chi connectivity index (χ0) is 8.55. The predicted octanol–water partition coefficient (Wildman–Crippen LogP) is 1.59. The van der Waals surface area contributed by atoms with E-state index in [9.17, 15) is 4.79 Å². The van der Waals surface area contributed by atoms with Crippen LogP contribution in [0.1, 0.15) is 10.4 Å². The Balaban J connectivity index is 2.59. The number of aliphatic imine (C=N–C) groups is 1. The molecule has 1 unspecified atom stereocenters. The maximum Gasteiger partial charge on any atom is 0.189 e. The SMILES string of the molecule is O=C1c2cnccc2N=CC1Cl. The Morgan fingerprint density at radius 3 is 3.17 bits per heavy atom. The summed E-state index contributed by atoms with van der Waals surface area (Å²) in [5, 5.41) is -0.637. The number of ketones is 1. The topological polar surface area (TPSA) is 42.3 Å². The summed E-state index contributed by atoms with van der Waals surface area (Å²) >= 11 is 5.67. The summed E-state index contributed by atoms with van der Waals surface area (Å²) in [4.78, 5) is 19.2. The minimum absolute atomic E-state index is 0.130. The standard InChI is InChI=1S/C8H5ClN2O/c9-6-4-11-7-1-2-10-3-5(7)8(6)12/h1-4,6H. The van der Waals surface area contributed by atoms with Crippen LogP contribution in [-0.2, 0) is 0 Å². The zero-order valence-electron chi connectivity index (χ0n) is 6.07. The number of fused-ring (bicyclic) bond motifs is 1. The molecule has 0 aliphatic carbocycles. The molecule has 0 bridgehead atoms. The van der Waals surface area contributed by atoms with Gasteiger partial charge >= 0.3 is 0 Å². The average molecular weight is 181 g/mol. The smallest absolute Gasteiger partial charge is 0.189 e. The molecular weight excluding hydrogens is 176 g/mol. The molecule has 1 aromatic rings. The Kier molecular flexibility index (Phi) is 1.66. The Bertz CT molecular complexity index is 362. The van der Waals surface area contributed by atoms with E-state index >= 15 is 0 Å². The van der Waals surface area contributed by atoms with Crippen LogP contribution in [0.5, 0.6) is 0 Å². The van der Waals surface area contributed by atoms with E-state index in [2.05, 4.69) is 9.98 Å². The Hall–Kier alpha value is -1.22. The van der Waals surface area contributed by atoms with Crippen molar-refractivity contribution in [2.45, 2.75) is 5.38 Å². The van der Waals surface area contributed by atoms with Crippen LogP contribution in [0, 0.1) is 0 Å². The quantitative estimate of drug-likeness (QED) is 0.569. The van der Waals surface area contributed by atoms with Gasteiger partial charge in [-0.3, -0.25) is 14.8 Å². The molecule has 1 aromatic heterocycles. The fourth-order valence-electron chi connectivity index (χ4n) is 1.05. The van der Waals surface area contributed by atoms with Crippen molar-refractivity contribution in [2.24, 2.45) is 4.99 Å². The maximum atomic E-state index is 11.4. The lowest BCUT2D eigenvalue weighted by atomic mass is 10.1. The van der Waals surface area contributed by atoms with Crippen molar-refractivity contribution >= 4 is 29.3 Å². The van der Waals surface area contributed by atoms with Crippen LogP contribution < -0.4 is 0 Å². The van der Waals surface area contributed by atoms with Crippen molar-refractivity contribution in [3.63, 3.8) is 0 Å². The molecule has 1 aliphatic rings. The first-order valence-corrected chi connectivity index (χ1v) is 3.89. The van der Waals surface area contributed by atoms with Crippen LogP contribution in [0.25, 0.3) is 0 Å². The van der Waals surface area contributed by atoms with Gasteiger partial charge in [0.25, 0.3) is 0 Å². The summed E-state index contributed by atoms with van der Waals surface area (Å²) in [5.41, 5.74) is 1.15. The minimum Gasteiger partial charge on any atom is -0.292 e. The lowest BCUT2D eigenvalue weighted by Gasteiger charge is -2.10. The number of hydrogen-bond acceptors (Lipinski definition) is 3. The van der Waals surface area contributed by atoms with E-state index in [1.54, 1.807) is 12.3 Å². The van der Waals surface area contributed by atoms with Crippen molar-refractivity contribution < 1.29 is 4.79 Å². The first-order valence-electron chi connectivity index (χ1n) is 3.45. The number of carbonyl (C=O) groups excluding carboxylic acids is 1. The lowest BCUT2D eigenvalue weighted by Crippen LogP contribution is -2.19. The normalized spacial score (nSPS) is 20.8. The monoisotopic (exact) mass is 180 g/mol. The number of aromatic nitrogens is 1. The highest BCUT2D eigenvalue weighted by Crippen LogP contribution is 2.23. The highest BCUT2D eigenvalue weighted by atomic mass is 35.5. The largest absolute Gasteiger partial charge is 0.292 e. The van der Waals surface area contributed by atoms with Crippen molar-refractivity contribution in [2.75, 3.05) is 0 Å². The van der Waals surface area contributed by atoms with E-state index in [1.165, 1.54) is 12.4 Å². The van der Waals surface area contributed by atoms with E-state index in [0.717, 1.165) is 0 Å². The van der Waals surface area contributed by atoms with Gasteiger partial charge in [-0.1, -0.05) is 0 Å². The molecule has 60 valence electrons. The maximum absolute atomic E-state index is 11.4. The van der Waals surface area contributed by atoms with E-state index < -0.39 is 5.38 Å². The van der Waals surface area contributed by atoms with Crippen LogP contribution in [0.2, 0.25) is 0 Å². The summed E-state index contributed by atoms with van der Waals surface area (Å²) in [5.74, 6) is -0.130. The molecule has 1 aliphatic heterocycles. The highest BCUT2D eigenvalue weighted by molar-refractivity contribution is 6.43. The molecule has 1 atom stereocenters. The van der Waals surface area contributed by atoms with E-state index in [-0.39, 0.29) is 5.78 Å². The van der Waals surface area contributed by atoms with E-state index in [1.807, 2.05) is 0 Å². The molecule has 12 heavy (non-hydrogen) atoms. The molecule has 3 nitrogen and oxygen atoms in total. The van der Waals surface area contributed by atoms with Gasteiger partial charge in [0.1, 0.15) is 5.38 Å². The van der Waals surface area contributed by atoms with Crippen molar-refractivity contribution in [3.05, 3.63) is 24.0 Å². The molecule has 0 fully saturated rings. The summed E-state index contributed by atoms with van der Waals surface area (Å²) in [7, 11) is 0. The third-order valence-corrected chi connectivity index (χ3v) is 1.97. The third-order valence-electron chi connectivity index (χ3n) is 1.66. The second kappa shape index (κ2) is 2.68. The minimum atomic E-state index is -0.637. The predicted molar refractivity (Wildman–Crippen MR) is 46.4 cm³/mol. The molecule has 0 spiro atoms. The van der Waals surface area contributed by atoms with Crippen LogP contribution in [0.15, 0.2) is 23.5 Å².